The second kappa shape index (κ2) is 13.8. The number of nitro groups is 1. The van der Waals surface area contributed by atoms with Gasteiger partial charge in [0.15, 0.2) is 0 Å². The van der Waals surface area contributed by atoms with E-state index in [1.54, 1.807) is 0 Å². The van der Waals surface area contributed by atoms with Crippen molar-refractivity contribution in [1.82, 2.24) is 0 Å². The molecule has 0 aliphatic carbocycles. The highest BCUT2D eigenvalue weighted by atomic mass is 16.6. The van der Waals surface area contributed by atoms with Crippen molar-refractivity contribution < 1.29 is 24.7 Å². The lowest BCUT2D eigenvalue weighted by molar-refractivity contribution is -0.574. The molecule has 0 atom stereocenters. The van der Waals surface area contributed by atoms with Gasteiger partial charge >= 0.3 is 11.9 Å². The summed E-state index contributed by atoms with van der Waals surface area (Å²) in [7, 11) is 0. The first kappa shape index (κ1) is 23.6. The summed E-state index contributed by atoms with van der Waals surface area (Å²) in [6.45, 7) is 1.96. The van der Waals surface area contributed by atoms with Crippen molar-refractivity contribution in [2.24, 2.45) is 0 Å². The molecule has 0 amide bonds. The van der Waals surface area contributed by atoms with Gasteiger partial charge in [-0.25, -0.2) is 0 Å². The number of carbonyl (C=O) groups is 2. The molecular formula is C19H29NO6. The largest absolute Gasteiger partial charge is 0.481 e. The van der Waals surface area contributed by atoms with Gasteiger partial charge in [-0.2, -0.15) is 0 Å². The van der Waals surface area contributed by atoms with Gasteiger partial charge in [0.1, 0.15) is 0 Å². The fourth-order valence-electron chi connectivity index (χ4n) is 2.58. The summed E-state index contributed by atoms with van der Waals surface area (Å²) in [5.41, 5.74) is -1.49. The fourth-order valence-corrected chi connectivity index (χ4v) is 2.58. The Morgan fingerprint density at radius 2 is 1.42 bits per heavy atom. The standard InChI is InChI=1S/C19H29NO6/c1-2-3-4-5-6-7-8-9-10-11-14-19(20(25)26,15-12-17(21)22)16-13-18(23)24/h2-3,5-6,8-9H,4,7,10-16H2,1H3,(H,21,22)(H,23,24)/b3-2-,6-5-,9-8-. The zero-order chi connectivity index (χ0) is 19.8. The molecule has 0 aromatic rings. The molecule has 0 saturated carbocycles. The molecule has 7 nitrogen and oxygen atoms in total. The van der Waals surface area contributed by atoms with Crippen molar-refractivity contribution in [1.29, 1.82) is 0 Å². The van der Waals surface area contributed by atoms with E-state index < -0.39 is 22.4 Å². The Bertz CT molecular complexity index is 518. The molecule has 0 aliphatic rings. The van der Waals surface area contributed by atoms with Gasteiger partial charge in [0.05, 0.1) is 12.8 Å². The second-order valence-corrected chi connectivity index (χ2v) is 6.14. The number of carboxylic acids is 2. The van der Waals surface area contributed by atoms with Crippen LogP contribution in [0.1, 0.15) is 64.7 Å². The van der Waals surface area contributed by atoms with Gasteiger partial charge in [-0.05, 0) is 32.6 Å². The van der Waals surface area contributed by atoms with Crippen LogP contribution in [0.15, 0.2) is 36.5 Å². The van der Waals surface area contributed by atoms with Crippen LogP contribution in [0.4, 0.5) is 0 Å². The predicted octanol–water partition coefficient (Wildman–Crippen LogP) is 4.37. The van der Waals surface area contributed by atoms with E-state index in [1.807, 2.05) is 37.3 Å². The topological polar surface area (TPSA) is 118 Å². The lowest BCUT2D eigenvalue weighted by Gasteiger charge is -2.24. The third kappa shape index (κ3) is 11.2. The molecule has 2 N–H and O–H groups in total. The lowest BCUT2D eigenvalue weighted by atomic mass is 9.84. The third-order valence-corrected chi connectivity index (χ3v) is 4.12. The van der Waals surface area contributed by atoms with Crippen LogP contribution in [0.2, 0.25) is 0 Å². The van der Waals surface area contributed by atoms with Crippen molar-refractivity contribution in [3.8, 4) is 0 Å². The summed E-state index contributed by atoms with van der Waals surface area (Å²) < 4.78 is 0. The highest BCUT2D eigenvalue weighted by Gasteiger charge is 2.42. The Morgan fingerprint density at radius 3 is 1.88 bits per heavy atom. The van der Waals surface area contributed by atoms with Crippen LogP contribution in [0.5, 0.6) is 0 Å². The highest BCUT2D eigenvalue weighted by molar-refractivity contribution is 5.67. The monoisotopic (exact) mass is 367 g/mol. The molecular weight excluding hydrogens is 338 g/mol. The SMILES string of the molecule is C/C=C\C/C=C\C/C=C\CCCC(CCC(=O)O)(CCC(=O)O)[N+](=O)[O-]. The summed E-state index contributed by atoms with van der Waals surface area (Å²) in [6, 6.07) is 0. The smallest absolute Gasteiger partial charge is 0.303 e. The summed E-state index contributed by atoms with van der Waals surface area (Å²) in [5, 5.41) is 29.2. The van der Waals surface area contributed by atoms with Crippen LogP contribution in [-0.2, 0) is 9.59 Å². The molecule has 0 spiro atoms. The molecule has 0 radical (unpaired) electrons. The maximum Gasteiger partial charge on any atom is 0.303 e. The van der Waals surface area contributed by atoms with Gasteiger partial charge < -0.3 is 10.2 Å². The molecule has 146 valence electrons. The van der Waals surface area contributed by atoms with E-state index in [0.717, 1.165) is 12.8 Å². The summed E-state index contributed by atoms with van der Waals surface area (Å²) in [4.78, 5) is 32.6. The predicted molar refractivity (Wildman–Crippen MR) is 99.6 cm³/mol. The number of hydrogen-bond acceptors (Lipinski definition) is 4. The Hall–Kier alpha value is -2.44. The molecule has 0 rings (SSSR count). The molecule has 26 heavy (non-hydrogen) atoms. The van der Waals surface area contributed by atoms with E-state index in [4.69, 9.17) is 10.2 Å². The third-order valence-electron chi connectivity index (χ3n) is 4.12. The van der Waals surface area contributed by atoms with Gasteiger partial charge in [-0.1, -0.05) is 36.5 Å². The molecule has 0 aliphatic heterocycles. The first-order valence-corrected chi connectivity index (χ1v) is 8.83. The summed E-state index contributed by atoms with van der Waals surface area (Å²) in [6.07, 6.45) is 14.1. The van der Waals surface area contributed by atoms with Crippen molar-refractivity contribution >= 4 is 11.9 Å². The van der Waals surface area contributed by atoms with Crippen LogP contribution >= 0.6 is 0 Å². The summed E-state index contributed by atoms with van der Waals surface area (Å²) in [5.74, 6) is -2.23. The van der Waals surface area contributed by atoms with Crippen molar-refractivity contribution in [2.75, 3.05) is 0 Å². The second-order valence-electron chi connectivity index (χ2n) is 6.14. The summed E-state index contributed by atoms with van der Waals surface area (Å²) >= 11 is 0. The van der Waals surface area contributed by atoms with Crippen LogP contribution in [0.3, 0.4) is 0 Å². The Balaban J connectivity index is 4.56. The number of aliphatic carboxylic acids is 2. The van der Waals surface area contributed by atoms with Crippen LogP contribution < -0.4 is 0 Å². The first-order valence-electron chi connectivity index (χ1n) is 8.83. The van der Waals surface area contributed by atoms with E-state index in [1.165, 1.54) is 0 Å². The van der Waals surface area contributed by atoms with Crippen LogP contribution in [-0.4, -0.2) is 32.6 Å². The molecule has 0 aromatic carbocycles. The Morgan fingerprint density at radius 1 is 0.923 bits per heavy atom. The quantitative estimate of drug-likeness (QED) is 0.192. The minimum absolute atomic E-state index is 0.153. The molecule has 0 unspecified atom stereocenters. The number of rotatable bonds is 15. The van der Waals surface area contributed by atoms with Gasteiger partial charge in [-0.15, -0.1) is 0 Å². The van der Waals surface area contributed by atoms with E-state index in [9.17, 15) is 19.7 Å². The van der Waals surface area contributed by atoms with Crippen molar-refractivity contribution in [3.63, 3.8) is 0 Å². The minimum Gasteiger partial charge on any atom is -0.481 e. The van der Waals surface area contributed by atoms with Gasteiger partial charge in [0.25, 0.3) is 0 Å². The van der Waals surface area contributed by atoms with Gasteiger partial charge in [-0.3, -0.25) is 19.7 Å². The molecule has 0 heterocycles. The maximum absolute atomic E-state index is 11.5. The molecule has 0 bridgehead atoms. The average molecular weight is 367 g/mol. The maximum atomic E-state index is 11.5. The van der Waals surface area contributed by atoms with Crippen molar-refractivity contribution in [2.45, 2.75) is 70.3 Å². The lowest BCUT2D eigenvalue weighted by Crippen LogP contribution is -2.39. The Kier molecular flexibility index (Phi) is 12.5. The highest BCUT2D eigenvalue weighted by Crippen LogP contribution is 2.30. The van der Waals surface area contributed by atoms with E-state index in [-0.39, 0.29) is 32.1 Å². The van der Waals surface area contributed by atoms with Crippen LogP contribution in [0.25, 0.3) is 0 Å². The van der Waals surface area contributed by atoms with E-state index >= 15 is 0 Å². The molecule has 0 saturated heterocycles. The number of nitrogens with zero attached hydrogens (tertiary/aromatic N) is 1. The number of carboxylic acid groups (broad SMARTS) is 2. The average Bonchev–Trinajstić information content (AvgIpc) is 2.57. The first-order chi connectivity index (χ1) is 12.3. The van der Waals surface area contributed by atoms with Gasteiger partial charge in [0, 0.05) is 24.2 Å². The van der Waals surface area contributed by atoms with Gasteiger partial charge in [0.2, 0.25) is 5.54 Å². The zero-order valence-corrected chi connectivity index (χ0v) is 15.3. The fraction of sp³-hybridized carbons (Fsp3) is 0.579. The molecule has 0 fully saturated rings. The molecule has 0 aromatic heterocycles. The molecule has 7 heteroatoms. The number of hydrogen-bond donors (Lipinski definition) is 2. The van der Waals surface area contributed by atoms with Crippen molar-refractivity contribution in [3.05, 3.63) is 46.6 Å². The number of allylic oxidation sites excluding steroid dienone is 6. The van der Waals surface area contributed by atoms with Crippen LogP contribution in [0, 0.1) is 10.1 Å². The van der Waals surface area contributed by atoms with E-state index in [0.29, 0.717) is 12.8 Å². The number of unbranched alkanes of at least 4 members (excludes halogenated alkanes) is 1. The minimum atomic E-state index is -1.49. The Labute approximate surface area is 154 Å². The zero-order valence-electron chi connectivity index (χ0n) is 15.3. The normalized spacial score (nSPS) is 12.3. The van der Waals surface area contributed by atoms with E-state index in [2.05, 4.69) is 6.08 Å².